The SMILES string of the molecule is CC(=O)O[C@H]1[C@@H](OC(C)=O)[C@H]2CSS[C@H](O2)[C@@H]1OC(C)=O. The van der Waals surface area contributed by atoms with Gasteiger partial charge in [-0.3, -0.25) is 14.4 Å². The zero-order valence-corrected chi connectivity index (χ0v) is 13.4. The summed E-state index contributed by atoms with van der Waals surface area (Å²) in [6, 6.07) is 0. The van der Waals surface area contributed by atoms with E-state index in [1.165, 1.54) is 42.4 Å². The van der Waals surface area contributed by atoms with Gasteiger partial charge in [0.1, 0.15) is 6.10 Å². The van der Waals surface area contributed by atoms with E-state index in [0.717, 1.165) is 0 Å². The molecular weight excluding hydrogens is 320 g/mol. The lowest BCUT2D eigenvalue weighted by atomic mass is 10.00. The lowest BCUT2D eigenvalue weighted by Gasteiger charge is -2.46. The summed E-state index contributed by atoms with van der Waals surface area (Å²) >= 11 is 0. The van der Waals surface area contributed by atoms with Crippen LogP contribution in [0.25, 0.3) is 0 Å². The Morgan fingerprint density at radius 3 is 2.00 bits per heavy atom. The van der Waals surface area contributed by atoms with Gasteiger partial charge in [-0.05, 0) is 0 Å². The lowest BCUT2D eigenvalue weighted by Crippen LogP contribution is -2.62. The van der Waals surface area contributed by atoms with Crippen molar-refractivity contribution in [3.8, 4) is 0 Å². The van der Waals surface area contributed by atoms with Crippen LogP contribution in [0.2, 0.25) is 0 Å². The van der Waals surface area contributed by atoms with Gasteiger partial charge in [0.05, 0.1) is 0 Å². The second-order valence-electron chi connectivity index (χ2n) is 4.65. The molecule has 2 aliphatic heterocycles. The van der Waals surface area contributed by atoms with Crippen LogP contribution < -0.4 is 0 Å². The Labute approximate surface area is 129 Å². The first kappa shape index (κ1) is 16.4. The topological polar surface area (TPSA) is 88.1 Å². The van der Waals surface area contributed by atoms with Crippen molar-refractivity contribution in [3.63, 3.8) is 0 Å². The van der Waals surface area contributed by atoms with Crippen LogP contribution in [-0.2, 0) is 33.3 Å². The molecule has 2 fully saturated rings. The van der Waals surface area contributed by atoms with Crippen molar-refractivity contribution in [1.82, 2.24) is 0 Å². The third-order valence-corrected chi connectivity index (χ3v) is 5.45. The lowest BCUT2D eigenvalue weighted by molar-refractivity contribution is -0.228. The molecule has 2 heterocycles. The van der Waals surface area contributed by atoms with Crippen molar-refractivity contribution in [1.29, 1.82) is 0 Å². The summed E-state index contributed by atoms with van der Waals surface area (Å²) < 4.78 is 21.5. The first-order chi connectivity index (χ1) is 9.88. The fourth-order valence-corrected chi connectivity index (χ4v) is 4.87. The minimum atomic E-state index is -0.868. The summed E-state index contributed by atoms with van der Waals surface area (Å²) in [6.45, 7) is 3.78. The van der Waals surface area contributed by atoms with E-state index in [1.807, 2.05) is 0 Å². The number of esters is 3. The van der Waals surface area contributed by atoms with Gasteiger partial charge >= 0.3 is 17.9 Å². The van der Waals surface area contributed by atoms with Crippen molar-refractivity contribution < 1.29 is 33.3 Å². The van der Waals surface area contributed by atoms with E-state index < -0.39 is 47.8 Å². The minimum Gasteiger partial charge on any atom is -0.456 e. The van der Waals surface area contributed by atoms with Crippen LogP contribution >= 0.6 is 21.6 Å². The van der Waals surface area contributed by atoms with Gasteiger partial charge in [0.25, 0.3) is 0 Å². The second-order valence-corrected chi connectivity index (χ2v) is 7.16. The van der Waals surface area contributed by atoms with Crippen molar-refractivity contribution >= 4 is 39.5 Å². The Hall–Kier alpha value is -0.930. The number of carbonyl (C=O) groups is 3. The van der Waals surface area contributed by atoms with Crippen LogP contribution in [-0.4, -0.2) is 53.5 Å². The summed E-state index contributed by atoms with van der Waals surface area (Å²) in [5.41, 5.74) is -0.464. The molecule has 2 bridgehead atoms. The molecule has 0 unspecified atom stereocenters. The average molecular weight is 336 g/mol. The number of fused-ring (bicyclic) bond motifs is 2. The molecule has 0 spiro atoms. The van der Waals surface area contributed by atoms with Crippen LogP contribution in [0.5, 0.6) is 0 Å². The Balaban J connectivity index is 2.27. The summed E-state index contributed by atoms with van der Waals surface area (Å²) in [4.78, 5) is 33.9. The first-order valence-electron chi connectivity index (χ1n) is 6.34. The van der Waals surface area contributed by atoms with E-state index >= 15 is 0 Å². The number of hydrogen-bond donors (Lipinski definition) is 0. The number of ether oxygens (including phenoxy) is 4. The third kappa shape index (κ3) is 4.04. The van der Waals surface area contributed by atoms with Crippen molar-refractivity contribution in [3.05, 3.63) is 0 Å². The van der Waals surface area contributed by atoms with Crippen LogP contribution in [0.15, 0.2) is 0 Å². The molecule has 0 N–H and O–H groups in total. The highest BCUT2D eigenvalue weighted by Crippen LogP contribution is 2.44. The predicted octanol–water partition coefficient (Wildman–Crippen LogP) is 0.901. The van der Waals surface area contributed by atoms with Crippen molar-refractivity contribution in [2.45, 2.75) is 50.6 Å². The second kappa shape index (κ2) is 6.89. The largest absolute Gasteiger partial charge is 0.456 e. The molecule has 9 heteroatoms. The average Bonchev–Trinajstić information content (AvgIpc) is 2.38. The van der Waals surface area contributed by atoms with E-state index in [9.17, 15) is 14.4 Å². The van der Waals surface area contributed by atoms with Gasteiger partial charge in [-0.15, -0.1) is 0 Å². The third-order valence-electron chi connectivity index (χ3n) is 2.89. The molecule has 21 heavy (non-hydrogen) atoms. The molecule has 0 aliphatic carbocycles. The fourth-order valence-electron chi connectivity index (χ4n) is 2.24. The molecule has 0 aromatic carbocycles. The molecule has 0 radical (unpaired) electrons. The predicted molar refractivity (Wildman–Crippen MR) is 75.4 cm³/mol. The van der Waals surface area contributed by atoms with Crippen LogP contribution in [0.3, 0.4) is 0 Å². The molecule has 0 saturated carbocycles. The van der Waals surface area contributed by atoms with Gasteiger partial charge < -0.3 is 18.9 Å². The van der Waals surface area contributed by atoms with Gasteiger partial charge in [-0.25, -0.2) is 0 Å². The van der Waals surface area contributed by atoms with Gasteiger partial charge in [-0.1, -0.05) is 21.6 Å². The maximum atomic E-state index is 11.3. The van der Waals surface area contributed by atoms with Crippen molar-refractivity contribution in [2.75, 3.05) is 5.75 Å². The normalized spacial score (nSPS) is 34.7. The standard InChI is InChI=1S/C12H16O7S2/c1-5(13)16-9-8-4-20-21-12(19-8)11(18-7(3)15)10(9)17-6(2)14/h8-12H,4H2,1-3H3/t8-,9+,10+,11-,12+/m1/s1. The Bertz CT molecular complexity index is 411. The summed E-state index contributed by atoms with van der Waals surface area (Å²) in [5.74, 6) is -0.975. The molecule has 2 rings (SSSR count). The van der Waals surface area contributed by atoms with E-state index in [0.29, 0.717) is 5.75 Å². The molecule has 2 saturated heterocycles. The number of rotatable bonds is 3. The summed E-state index contributed by atoms with van der Waals surface area (Å²) in [7, 11) is 2.94. The van der Waals surface area contributed by atoms with E-state index in [-0.39, 0.29) is 0 Å². The van der Waals surface area contributed by atoms with E-state index in [4.69, 9.17) is 18.9 Å². The number of carbonyl (C=O) groups excluding carboxylic acids is 3. The molecule has 0 aromatic rings. The molecule has 118 valence electrons. The molecule has 7 nitrogen and oxygen atoms in total. The zero-order chi connectivity index (χ0) is 15.6. The van der Waals surface area contributed by atoms with Crippen LogP contribution in [0.1, 0.15) is 20.8 Å². The van der Waals surface area contributed by atoms with Crippen molar-refractivity contribution in [2.24, 2.45) is 0 Å². The number of hydrogen-bond acceptors (Lipinski definition) is 9. The highest BCUT2D eigenvalue weighted by Gasteiger charge is 2.53. The molecule has 0 amide bonds. The maximum Gasteiger partial charge on any atom is 0.303 e. The maximum absolute atomic E-state index is 11.3. The summed E-state index contributed by atoms with van der Waals surface area (Å²) in [6.07, 6.45) is -2.88. The Morgan fingerprint density at radius 1 is 0.905 bits per heavy atom. The minimum absolute atomic E-state index is 0.402. The van der Waals surface area contributed by atoms with Gasteiger partial charge in [-0.2, -0.15) is 0 Å². The van der Waals surface area contributed by atoms with E-state index in [2.05, 4.69) is 0 Å². The smallest absolute Gasteiger partial charge is 0.303 e. The fraction of sp³-hybridized carbons (Fsp3) is 0.750. The van der Waals surface area contributed by atoms with Crippen LogP contribution in [0, 0.1) is 0 Å². The molecule has 5 atom stereocenters. The van der Waals surface area contributed by atoms with E-state index in [1.54, 1.807) is 0 Å². The molecule has 2 aliphatic rings. The van der Waals surface area contributed by atoms with Gasteiger partial charge in [0.15, 0.2) is 23.7 Å². The van der Waals surface area contributed by atoms with Gasteiger partial charge in [0.2, 0.25) is 0 Å². The van der Waals surface area contributed by atoms with Crippen LogP contribution in [0.4, 0.5) is 0 Å². The molecular formula is C12H16O7S2. The first-order valence-corrected chi connectivity index (χ1v) is 8.72. The summed E-state index contributed by atoms with van der Waals surface area (Å²) in [5, 5.41) is 0. The molecule has 0 aromatic heterocycles. The Kier molecular flexibility index (Phi) is 5.39. The Morgan fingerprint density at radius 2 is 1.43 bits per heavy atom. The highest BCUT2D eigenvalue weighted by molar-refractivity contribution is 8.77. The monoisotopic (exact) mass is 336 g/mol. The zero-order valence-electron chi connectivity index (χ0n) is 11.8. The van der Waals surface area contributed by atoms with Gasteiger partial charge in [0, 0.05) is 26.5 Å². The highest BCUT2D eigenvalue weighted by atomic mass is 33.1. The quantitative estimate of drug-likeness (QED) is 0.424.